The van der Waals surface area contributed by atoms with Gasteiger partial charge < -0.3 is 4.90 Å². The molecule has 0 fully saturated rings. The molecule has 0 atom stereocenters. The number of pyridine rings is 1. The number of carbonyl (C=O) groups excluding carboxylic acids is 1. The predicted molar refractivity (Wildman–Crippen MR) is 131 cm³/mol. The van der Waals surface area contributed by atoms with Gasteiger partial charge in [0, 0.05) is 41.7 Å². The first kappa shape index (κ1) is 23.2. The summed E-state index contributed by atoms with van der Waals surface area (Å²) in [5, 5.41) is 9.04. The summed E-state index contributed by atoms with van der Waals surface area (Å²) >= 11 is 1.68. The van der Waals surface area contributed by atoms with E-state index in [1.165, 1.54) is 12.1 Å². The maximum atomic E-state index is 13.8. The minimum Gasteiger partial charge on any atom is -0.330 e. The van der Waals surface area contributed by atoms with Crippen molar-refractivity contribution in [3.63, 3.8) is 0 Å². The van der Waals surface area contributed by atoms with Crippen LogP contribution < -0.4 is 0 Å². The fourth-order valence-electron chi connectivity index (χ4n) is 3.49. The number of carbonyl (C=O) groups is 1. The van der Waals surface area contributed by atoms with Gasteiger partial charge in [-0.1, -0.05) is 30.3 Å². The van der Waals surface area contributed by atoms with Crippen molar-refractivity contribution in [1.29, 1.82) is 5.26 Å². The van der Waals surface area contributed by atoms with Crippen molar-refractivity contribution in [1.82, 2.24) is 9.88 Å². The molecule has 4 nitrogen and oxygen atoms in total. The van der Waals surface area contributed by atoms with Gasteiger partial charge in [-0.25, -0.2) is 4.39 Å². The molecule has 6 heteroatoms. The number of rotatable bonds is 8. The summed E-state index contributed by atoms with van der Waals surface area (Å²) in [6.45, 7) is 0.618. The number of amides is 1. The Balaban J connectivity index is 1.50. The van der Waals surface area contributed by atoms with Crippen LogP contribution in [0.4, 0.5) is 4.39 Å². The molecule has 1 heterocycles. The fraction of sp³-hybridized carbons (Fsp3) is 0.107. The van der Waals surface area contributed by atoms with E-state index in [0.717, 1.165) is 21.8 Å². The van der Waals surface area contributed by atoms with Gasteiger partial charge in [0.1, 0.15) is 5.82 Å². The molecule has 4 aromatic rings. The topological polar surface area (TPSA) is 57.0 Å². The Morgan fingerprint density at radius 1 is 0.912 bits per heavy atom. The van der Waals surface area contributed by atoms with E-state index in [0.29, 0.717) is 23.2 Å². The Bertz CT molecular complexity index is 1290. The Morgan fingerprint density at radius 3 is 2.32 bits per heavy atom. The van der Waals surface area contributed by atoms with E-state index in [-0.39, 0.29) is 18.3 Å². The monoisotopic (exact) mass is 467 g/mol. The van der Waals surface area contributed by atoms with Gasteiger partial charge in [0.05, 0.1) is 11.6 Å². The third-order valence-corrected chi connectivity index (χ3v) is 6.32. The summed E-state index contributed by atoms with van der Waals surface area (Å²) in [5.74, 6) is 0.321. The summed E-state index contributed by atoms with van der Waals surface area (Å²) < 4.78 is 13.8. The van der Waals surface area contributed by atoms with E-state index in [2.05, 4.69) is 11.1 Å². The number of benzene rings is 3. The summed E-state index contributed by atoms with van der Waals surface area (Å²) in [6.07, 6.45) is 3.60. The zero-order valence-corrected chi connectivity index (χ0v) is 19.2. The number of hydrogen-bond acceptors (Lipinski definition) is 4. The fourth-order valence-corrected chi connectivity index (χ4v) is 4.32. The molecule has 1 amide bonds. The highest BCUT2D eigenvalue weighted by molar-refractivity contribution is 7.98. The van der Waals surface area contributed by atoms with Crippen LogP contribution in [-0.4, -0.2) is 15.8 Å². The average molecular weight is 468 g/mol. The first-order chi connectivity index (χ1) is 16.6. The first-order valence-corrected chi connectivity index (χ1v) is 11.7. The van der Waals surface area contributed by atoms with Gasteiger partial charge in [-0.15, -0.1) is 11.8 Å². The zero-order chi connectivity index (χ0) is 23.8. The van der Waals surface area contributed by atoms with Crippen LogP contribution in [0.25, 0.3) is 0 Å². The summed E-state index contributed by atoms with van der Waals surface area (Å²) in [7, 11) is 0. The van der Waals surface area contributed by atoms with E-state index in [1.807, 2.05) is 54.7 Å². The smallest absolute Gasteiger partial charge is 0.254 e. The van der Waals surface area contributed by atoms with Crippen LogP contribution >= 0.6 is 11.8 Å². The zero-order valence-electron chi connectivity index (χ0n) is 18.4. The molecule has 0 N–H and O–H groups in total. The van der Waals surface area contributed by atoms with Crippen molar-refractivity contribution in [2.75, 3.05) is 0 Å². The molecule has 0 aliphatic heterocycles. The summed E-state index contributed by atoms with van der Waals surface area (Å²) in [4.78, 5) is 20.3. The number of halogens is 1. The molecule has 0 radical (unpaired) electrons. The van der Waals surface area contributed by atoms with Crippen molar-refractivity contribution in [2.24, 2.45) is 0 Å². The number of aromatic nitrogens is 1. The molecule has 0 aliphatic rings. The lowest BCUT2D eigenvalue weighted by Gasteiger charge is -2.23. The van der Waals surface area contributed by atoms with Gasteiger partial charge in [-0.05, 0) is 71.3 Å². The quantitative estimate of drug-likeness (QED) is 0.288. The Kier molecular flexibility index (Phi) is 7.69. The van der Waals surface area contributed by atoms with Crippen molar-refractivity contribution in [3.05, 3.63) is 131 Å². The first-order valence-electron chi connectivity index (χ1n) is 10.8. The van der Waals surface area contributed by atoms with Crippen LogP contribution in [0.1, 0.15) is 32.6 Å². The normalized spacial score (nSPS) is 10.5. The number of nitrogens with zero attached hydrogens (tertiary/aromatic N) is 3. The summed E-state index contributed by atoms with van der Waals surface area (Å²) in [5.41, 5.74) is 3.87. The second-order valence-electron chi connectivity index (χ2n) is 7.77. The van der Waals surface area contributed by atoms with E-state index in [1.54, 1.807) is 47.1 Å². The molecule has 0 bridgehead atoms. The standard InChI is InChI=1S/C28H22FN3OS/c29-26-5-1-3-23(15-26)19-32(18-22-8-6-21(16-30)7-9-22)28(33)25-10-12-27(13-11-25)34-20-24-4-2-14-31-17-24/h1-15,17H,18-20H2. The molecule has 34 heavy (non-hydrogen) atoms. The Labute approximate surface area is 202 Å². The Hall–Kier alpha value is -3.95. The minimum absolute atomic E-state index is 0.141. The van der Waals surface area contributed by atoms with Gasteiger partial charge in [-0.3, -0.25) is 9.78 Å². The molecule has 1 aromatic heterocycles. The lowest BCUT2D eigenvalue weighted by Crippen LogP contribution is -2.30. The second kappa shape index (κ2) is 11.3. The van der Waals surface area contributed by atoms with Crippen LogP contribution in [0.2, 0.25) is 0 Å². The number of hydrogen-bond donors (Lipinski definition) is 0. The molecule has 168 valence electrons. The maximum Gasteiger partial charge on any atom is 0.254 e. The lowest BCUT2D eigenvalue weighted by atomic mass is 10.1. The lowest BCUT2D eigenvalue weighted by molar-refractivity contribution is 0.0729. The van der Waals surface area contributed by atoms with Crippen LogP contribution in [0.5, 0.6) is 0 Å². The van der Waals surface area contributed by atoms with Crippen molar-refractivity contribution in [3.8, 4) is 6.07 Å². The molecular formula is C28H22FN3OS. The average Bonchev–Trinajstić information content (AvgIpc) is 2.88. The molecule has 0 saturated carbocycles. The molecule has 3 aromatic carbocycles. The van der Waals surface area contributed by atoms with Crippen molar-refractivity contribution in [2.45, 2.75) is 23.7 Å². The van der Waals surface area contributed by atoms with Crippen LogP contribution in [0, 0.1) is 17.1 Å². The van der Waals surface area contributed by atoms with Crippen LogP contribution in [-0.2, 0) is 18.8 Å². The molecular weight excluding hydrogens is 445 g/mol. The van der Waals surface area contributed by atoms with Gasteiger partial charge in [0.2, 0.25) is 0 Å². The predicted octanol–water partition coefficient (Wildman–Crippen LogP) is 6.23. The van der Waals surface area contributed by atoms with Gasteiger partial charge >= 0.3 is 0 Å². The minimum atomic E-state index is -0.335. The Morgan fingerprint density at radius 2 is 1.65 bits per heavy atom. The van der Waals surface area contributed by atoms with Crippen LogP contribution in [0.3, 0.4) is 0 Å². The van der Waals surface area contributed by atoms with Gasteiger partial charge in [0.25, 0.3) is 5.91 Å². The molecule has 4 rings (SSSR count). The number of nitriles is 1. The van der Waals surface area contributed by atoms with Crippen molar-refractivity contribution < 1.29 is 9.18 Å². The highest BCUT2D eigenvalue weighted by Gasteiger charge is 2.17. The third kappa shape index (κ3) is 6.31. The molecule has 0 unspecified atom stereocenters. The van der Waals surface area contributed by atoms with Crippen LogP contribution in [0.15, 0.2) is 102 Å². The second-order valence-corrected chi connectivity index (χ2v) is 8.82. The third-order valence-electron chi connectivity index (χ3n) is 5.24. The highest BCUT2D eigenvalue weighted by Crippen LogP contribution is 2.24. The van der Waals surface area contributed by atoms with Gasteiger partial charge in [0.15, 0.2) is 0 Å². The largest absolute Gasteiger partial charge is 0.330 e. The van der Waals surface area contributed by atoms with Crippen molar-refractivity contribution >= 4 is 17.7 Å². The van der Waals surface area contributed by atoms with Gasteiger partial charge in [-0.2, -0.15) is 5.26 Å². The highest BCUT2D eigenvalue weighted by atomic mass is 32.2. The molecule has 0 aliphatic carbocycles. The maximum absolute atomic E-state index is 13.8. The van der Waals surface area contributed by atoms with E-state index < -0.39 is 0 Å². The van der Waals surface area contributed by atoms with E-state index in [4.69, 9.17) is 5.26 Å². The van der Waals surface area contributed by atoms with E-state index >= 15 is 0 Å². The number of thioether (sulfide) groups is 1. The van der Waals surface area contributed by atoms with E-state index in [9.17, 15) is 9.18 Å². The molecule has 0 saturated heterocycles. The SMILES string of the molecule is N#Cc1ccc(CN(Cc2cccc(F)c2)C(=O)c2ccc(SCc3cccnc3)cc2)cc1. The molecule has 0 spiro atoms. The summed E-state index contributed by atoms with van der Waals surface area (Å²) in [6, 6.07) is 27.0.